The second-order valence-corrected chi connectivity index (χ2v) is 7.29. The molecule has 2 amide bonds. The van der Waals surface area contributed by atoms with Crippen LogP contribution in [0.3, 0.4) is 0 Å². The number of hydrogen-bond donors (Lipinski definition) is 1. The molecule has 0 atom stereocenters. The molecule has 1 N–H and O–H groups in total. The van der Waals surface area contributed by atoms with Crippen molar-refractivity contribution in [1.82, 2.24) is 9.38 Å². The molecule has 0 spiro atoms. The standard InChI is InChI=1S/C18H15F3N4O2S/c19-18(20,21)13-9-28-17-16(22-10-25(13)17)23-14(26)8-11-3-5-12(6-4-11)24-7-1-2-15(24)27/h3-6,9-10H,1-2,7-8H2,(H,23,26). The number of carbonyl (C=O) groups excluding carboxylic acids is 2. The lowest BCUT2D eigenvalue weighted by Crippen LogP contribution is -2.23. The molecule has 0 bridgehead atoms. The molecule has 1 saturated heterocycles. The number of aromatic nitrogens is 2. The van der Waals surface area contributed by atoms with E-state index in [0.29, 0.717) is 13.0 Å². The molecule has 4 rings (SSSR count). The van der Waals surface area contributed by atoms with Crippen molar-refractivity contribution in [2.45, 2.75) is 25.4 Å². The monoisotopic (exact) mass is 408 g/mol. The Labute approximate surface area is 161 Å². The van der Waals surface area contributed by atoms with E-state index in [1.54, 1.807) is 29.2 Å². The highest BCUT2D eigenvalue weighted by Crippen LogP contribution is 2.35. The summed E-state index contributed by atoms with van der Waals surface area (Å²) in [6.45, 7) is 0.690. The van der Waals surface area contributed by atoms with Crippen molar-refractivity contribution >= 4 is 39.5 Å². The van der Waals surface area contributed by atoms with Gasteiger partial charge < -0.3 is 10.2 Å². The summed E-state index contributed by atoms with van der Waals surface area (Å²) in [7, 11) is 0. The average Bonchev–Trinajstić information content (AvgIpc) is 3.32. The van der Waals surface area contributed by atoms with Gasteiger partial charge in [0.2, 0.25) is 11.8 Å². The van der Waals surface area contributed by atoms with Crippen molar-refractivity contribution < 1.29 is 22.8 Å². The third-order valence-electron chi connectivity index (χ3n) is 4.50. The first-order valence-corrected chi connectivity index (χ1v) is 9.42. The summed E-state index contributed by atoms with van der Waals surface area (Å²) in [5.41, 5.74) is 0.693. The van der Waals surface area contributed by atoms with Crippen LogP contribution in [0.4, 0.5) is 24.7 Å². The number of nitrogens with zero attached hydrogens (tertiary/aromatic N) is 3. The van der Waals surface area contributed by atoms with E-state index in [0.717, 1.165) is 45.1 Å². The second kappa shape index (κ2) is 6.93. The molecule has 3 aromatic rings. The number of fused-ring (bicyclic) bond motifs is 1. The van der Waals surface area contributed by atoms with E-state index in [1.165, 1.54) is 0 Å². The summed E-state index contributed by atoms with van der Waals surface area (Å²) in [4.78, 5) is 29.9. The molecule has 10 heteroatoms. The van der Waals surface area contributed by atoms with Crippen LogP contribution in [0.5, 0.6) is 0 Å². The lowest BCUT2D eigenvalue weighted by molar-refractivity contribution is -0.141. The third kappa shape index (κ3) is 3.47. The number of alkyl halides is 3. The molecule has 0 radical (unpaired) electrons. The third-order valence-corrected chi connectivity index (χ3v) is 5.45. The lowest BCUT2D eigenvalue weighted by Gasteiger charge is -2.15. The zero-order valence-corrected chi connectivity index (χ0v) is 15.3. The highest BCUT2D eigenvalue weighted by atomic mass is 32.1. The van der Waals surface area contributed by atoms with Gasteiger partial charge in [0.15, 0.2) is 5.82 Å². The van der Waals surface area contributed by atoms with Crippen LogP contribution in [0.25, 0.3) is 4.83 Å². The number of thiazole rings is 1. The van der Waals surface area contributed by atoms with Gasteiger partial charge in [-0.05, 0) is 24.1 Å². The van der Waals surface area contributed by atoms with Gasteiger partial charge in [-0.25, -0.2) is 4.98 Å². The summed E-state index contributed by atoms with van der Waals surface area (Å²) >= 11 is 0.867. The molecule has 1 aliphatic rings. The van der Waals surface area contributed by atoms with Crippen molar-refractivity contribution in [2.75, 3.05) is 16.8 Å². The number of nitrogens with one attached hydrogen (secondary N) is 1. The minimum atomic E-state index is -4.49. The summed E-state index contributed by atoms with van der Waals surface area (Å²) in [5.74, 6) is -0.194. The summed E-state index contributed by atoms with van der Waals surface area (Å²) < 4.78 is 39.7. The lowest BCUT2D eigenvalue weighted by atomic mass is 10.1. The van der Waals surface area contributed by atoms with E-state index < -0.39 is 11.9 Å². The van der Waals surface area contributed by atoms with Gasteiger partial charge in [0.05, 0.1) is 6.42 Å². The Hall–Kier alpha value is -2.88. The minimum absolute atomic E-state index is 0.0464. The molecule has 6 nitrogen and oxygen atoms in total. The number of imidazole rings is 1. The first-order valence-electron chi connectivity index (χ1n) is 8.54. The van der Waals surface area contributed by atoms with E-state index in [1.807, 2.05) is 0 Å². The van der Waals surface area contributed by atoms with Crippen LogP contribution in [-0.2, 0) is 22.2 Å². The van der Waals surface area contributed by atoms with Crippen molar-refractivity contribution in [1.29, 1.82) is 0 Å². The van der Waals surface area contributed by atoms with Gasteiger partial charge in [0.25, 0.3) is 0 Å². The average molecular weight is 408 g/mol. The fraction of sp³-hybridized carbons (Fsp3) is 0.278. The molecule has 2 aromatic heterocycles. The van der Waals surface area contributed by atoms with Crippen LogP contribution in [0, 0.1) is 0 Å². The Morgan fingerprint density at radius 3 is 2.64 bits per heavy atom. The van der Waals surface area contributed by atoms with Crippen molar-refractivity contribution in [2.24, 2.45) is 0 Å². The molecule has 0 aliphatic carbocycles. The maximum absolute atomic E-state index is 12.9. The fourth-order valence-electron chi connectivity index (χ4n) is 3.16. The number of hydrogen-bond acceptors (Lipinski definition) is 4. The maximum Gasteiger partial charge on any atom is 0.432 e. The number of rotatable bonds is 4. The van der Waals surface area contributed by atoms with Gasteiger partial charge in [0.1, 0.15) is 16.9 Å². The number of anilines is 2. The van der Waals surface area contributed by atoms with Gasteiger partial charge in [-0.2, -0.15) is 13.2 Å². The number of amides is 2. The molecule has 1 aromatic carbocycles. The highest BCUT2D eigenvalue weighted by molar-refractivity contribution is 7.16. The topological polar surface area (TPSA) is 66.7 Å². The van der Waals surface area contributed by atoms with E-state index in [4.69, 9.17) is 0 Å². The second-order valence-electron chi connectivity index (χ2n) is 6.43. The minimum Gasteiger partial charge on any atom is -0.312 e. The smallest absolute Gasteiger partial charge is 0.312 e. The molecule has 0 unspecified atom stereocenters. The Bertz CT molecular complexity index is 1040. The van der Waals surface area contributed by atoms with Gasteiger partial charge >= 0.3 is 6.18 Å². The van der Waals surface area contributed by atoms with Gasteiger partial charge in [-0.15, -0.1) is 11.3 Å². The Kier molecular flexibility index (Phi) is 4.58. The van der Waals surface area contributed by atoms with E-state index in [9.17, 15) is 22.8 Å². The summed E-state index contributed by atoms with van der Waals surface area (Å²) in [6.07, 6.45) is -2.02. The molecule has 0 saturated carbocycles. The first kappa shape index (κ1) is 18.5. The van der Waals surface area contributed by atoms with Crippen LogP contribution >= 0.6 is 11.3 Å². The van der Waals surface area contributed by atoms with Crippen LogP contribution in [-0.4, -0.2) is 27.7 Å². The van der Waals surface area contributed by atoms with Crippen LogP contribution in [0.15, 0.2) is 36.0 Å². The van der Waals surface area contributed by atoms with Crippen molar-refractivity contribution in [3.63, 3.8) is 0 Å². The molecule has 1 fully saturated rings. The van der Waals surface area contributed by atoms with Gasteiger partial charge in [-0.3, -0.25) is 14.0 Å². The summed E-state index contributed by atoms with van der Waals surface area (Å²) in [6, 6.07) is 7.09. The largest absolute Gasteiger partial charge is 0.432 e. The normalized spacial score (nSPS) is 14.8. The molecule has 146 valence electrons. The zero-order chi connectivity index (χ0) is 19.9. The number of benzene rings is 1. The summed E-state index contributed by atoms with van der Waals surface area (Å²) in [5, 5.41) is 3.55. The molecule has 1 aliphatic heterocycles. The molecule has 3 heterocycles. The molecular weight excluding hydrogens is 393 g/mol. The maximum atomic E-state index is 12.9. The fourth-order valence-corrected chi connectivity index (χ4v) is 4.10. The van der Waals surface area contributed by atoms with Crippen molar-refractivity contribution in [3.05, 3.63) is 47.2 Å². The van der Waals surface area contributed by atoms with E-state index in [-0.39, 0.29) is 28.9 Å². The SMILES string of the molecule is O=C(Cc1ccc(N2CCCC2=O)cc1)Nc1ncn2c(C(F)(F)F)csc12. The quantitative estimate of drug-likeness (QED) is 0.716. The number of carbonyl (C=O) groups is 2. The van der Waals surface area contributed by atoms with Crippen LogP contribution in [0.2, 0.25) is 0 Å². The predicted octanol–water partition coefficient (Wildman–Crippen LogP) is 3.72. The Morgan fingerprint density at radius 2 is 2.00 bits per heavy atom. The molecule has 28 heavy (non-hydrogen) atoms. The van der Waals surface area contributed by atoms with E-state index in [2.05, 4.69) is 10.3 Å². The number of halogens is 3. The van der Waals surface area contributed by atoms with Crippen molar-refractivity contribution in [3.8, 4) is 0 Å². The zero-order valence-electron chi connectivity index (χ0n) is 14.5. The van der Waals surface area contributed by atoms with Gasteiger partial charge in [0, 0.05) is 24.0 Å². The molecular formula is C18H15F3N4O2S. The first-order chi connectivity index (χ1) is 13.3. The van der Waals surface area contributed by atoms with Crippen LogP contribution < -0.4 is 10.2 Å². The van der Waals surface area contributed by atoms with E-state index >= 15 is 0 Å². The Balaban J connectivity index is 1.44. The van der Waals surface area contributed by atoms with Gasteiger partial charge in [-0.1, -0.05) is 12.1 Å². The predicted molar refractivity (Wildman–Crippen MR) is 98.4 cm³/mol. The highest BCUT2D eigenvalue weighted by Gasteiger charge is 2.35. The Morgan fingerprint density at radius 1 is 1.25 bits per heavy atom. The van der Waals surface area contributed by atoms with Crippen LogP contribution in [0.1, 0.15) is 24.1 Å².